The first-order valence-electron chi connectivity index (χ1n) is 7.38. The number of nitrogens with one attached hydrogen (secondary N) is 1. The monoisotopic (exact) mass is 313 g/mol. The van der Waals surface area contributed by atoms with Crippen molar-refractivity contribution in [2.45, 2.75) is 39.5 Å². The molecule has 124 valence electrons. The Bertz CT molecular complexity index is 475. The second-order valence-corrected chi connectivity index (χ2v) is 4.70. The Morgan fingerprint density at radius 3 is 2.45 bits per heavy atom. The van der Waals surface area contributed by atoms with Crippen molar-refractivity contribution in [3.63, 3.8) is 0 Å². The van der Waals surface area contributed by atoms with Gasteiger partial charge in [-0.25, -0.2) is 4.39 Å². The summed E-state index contributed by atoms with van der Waals surface area (Å²) in [4.78, 5) is 12.1. The molecular formula is C16H24FNO4. The summed E-state index contributed by atoms with van der Waals surface area (Å²) in [6, 6.07) is 4.23. The van der Waals surface area contributed by atoms with E-state index >= 15 is 0 Å². The third-order valence-corrected chi connectivity index (χ3v) is 3.10. The van der Waals surface area contributed by atoms with Gasteiger partial charge in [0.2, 0.25) is 5.91 Å². The lowest BCUT2D eigenvalue weighted by atomic mass is 10.1. The Morgan fingerprint density at radius 2 is 1.91 bits per heavy atom. The molecule has 1 amide bonds. The van der Waals surface area contributed by atoms with Gasteiger partial charge in [-0.2, -0.15) is 0 Å². The van der Waals surface area contributed by atoms with Crippen LogP contribution in [0.3, 0.4) is 0 Å². The minimum absolute atomic E-state index is 0.0870. The number of benzene rings is 1. The first-order valence-corrected chi connectivity index (χ1v) is 7.38. The lowest BCUT2D eigenvalue weighted by Gasteiger charge is -2.20. The predicted molar refractivity (Wildman–Crippen MR) is 81.2 cm³/mol. The largest absolute Gasteiger partial charge is 0.493 e. The van der Waals surface area contributed by atoms with Crippen LogP contribution in [0.2, 0.25) is 0 Å². The van der Waals surface area contributed by atoms with Gasteiger partial charge in [0, 0.05) is 18.8 Å². The summed E-state index contributed by atoms with van der Waals surface area (Å²) < 4.78 is 29.4. The van der Waals surface area contributed by atoms with Crippen LogP contribution < -0.4 is 10.1 Å². The SMILES string of the molecule is CCOC(CC(=O)N[C@H](C)c1cccc(F)c1OC)OCC. The first-order chi connectivity index (χ1) is 10.5. The predicted octanol–water partition coefficient (Wildman–Crippen LogP) is 2.80. The Balaban J connectivity index is 2.69. The second kappa shape index (κ2) is 9.38. The van der Waals surface area contributed by atoms with Gasteiger partial charge in [-0.15, -0.1) is 0 Å². The van der Waals surface area contributed by atoms with Gasteiger partial charge in [-0.05, 0) is 26.8 Å². The maximum absolute atomic E-state index is 13.7. The molecule has 0 saturated heterocycles. The zero-order valence-corrected chi connectivity index (χ0v) is 13.5. The summed E-state index contributed by atoms with van der Waals surface area (Å²) in [5.74, 6) is -0.546. The number of para-hydroxylation sites is 1. The van der Waals surface area contributed by atoms with Crippen molar-refractivity contribution in [1.29, 1.82) is 0 Å². The number of rotatable bonds is 9. The number of hydrogen-bond donors (Lipinski definition) is 1. The van der Waals surface area contributed by atoms with E-state index in [0.717, 1.165) is 0 Å². The van der Waals surface area contributed by atoms with Gasteiger partial charge in [0.25, 0.3) is 0 Å². The highest BCUT2D eigenvalue weighted by molar-refractivity contribution is 5.76. The number of hydrogen-bond acceptors (Lipinski definition) is 4. The van der Waals surface area contributed by atoms with Gasteiger partial charge >= 0.3 is 0 Å². The molecule has 0 aliphatic rings. The highest BCUT2D eigenvalue weighted by Crippen LogP contribution is 2.27. The Labute approximate surface area is 130 Å². The Morgan fingerprint density at radius 1 is 1.27 bits per heavy atom. The maximum atomic E-state index is 13.7. The summed E-state index contributed by atoms with van der Waals surface area (Å²) in [6.45, 7) is 6.37. The average Bonchev–Trinajstić information content (AvgIpc) is 2.47. The number of halogens is 1. The fraction of sp³-hybridized carbons (Fsp3) is 0.562. The molecule has 5 nitrogen and oxygen atoms in total. The van der Waals surface area contributed by atoms with Crippen LogP contribution in [0.1, 0.15) is 38.8 Å². The van der Waals surface area contributed by atoms with Gasteiger partial charge in [-0.3, -0.25) is 4.79 Å². The van der Waals surface area contributed by atoms with E-state index < -0.39 is 12.1 Å². The van der Waals surface area contributed by atoms with Gasteiger partial charge in [0.05, 0.1) is 19.6 Å². The third kappa shape index (κ3) is 5.27. The van der Waals surface area contributed by atoms with Crippen LogP contribution in [-0.2, 0) is 14.3 Å². The van der Waals surface area contributed by atoms with E-state index in [1.54, 1.807) is 19.1 Å². The summed E-state index contributed by atoms with van der Waals surface area (Å²) in [7, 11) is 1.40. The van der Waals surface area contributed by atoms with Crippen LogP contribution in [-0.4, -0.2) is 32.5 Å². The van der Waals surface area contributed by atoms with Crippen LogP contribution in [0.15, 0.2) is 18.2 Å². The normalized spacial score (nSPS) is 12.3. The number of amides is 1. The molecule has 0 heterocycles. The molecule has 0 aromatic heterocycles. The van der Waals surface area contributed by atoms with E-state index in [4.69, 9.17) is 14.2 Å². The average molecular weight is 313 g/mol. The summed E-state index contributed by atoms with van der Waals surface area (Å²) >= 11 is 0. The molecule has 0 radical (unpaired) electrons. The molecule has 1 N–H and O–H groups in total. The molecule has 0 spiro atoms. The Hall–Kier alpha value is -1.66. The molecule has 22 heavy (non-hydrogen) atoms. The summed E-state index contributed by atoms with van der Waals surface area (Å²) in [5.41, 5.74) is 0.584. The number of methoxy groups -OCH3 is 1. The van der Waals surface area contributed by atoms with Crippen LogP contribution in [0.25, 0.3) is 0 Å². The topological polar surface area (TPSA) is 56.8 Å². The molecule has 0 unspecified atom stereocenters. The molecule has 1 atom stereocenters. The van der Waals surface area contributed by atoms with Crippen molar-refractivity contribution in [3.8, 4) is 5.75 Å². The van der Waals surface area contributed by atoms with E-state index in [1.807, 2.05) is 13.8 Å². The molecule has 0 aliphatic carbocycles. The van der Waals surface area contributed by atoms with Crippen molar-refractivity contribution in [3.05, 3.63) is 29.6 Å². The molecule has 0 bridgehead atoms. The van der Waals surface area contributed by atoms with Crippen LogP contribution in [0.4, 0.5) is 4.39 Å². The fourth-order valence-electron chi connectivity index (χ4n) is 2.15. The van der Waals surface area contributed by atoms with E-state index in [1.165, 1.54) is 13.2 Å². The van der Waals surface area contributed by atoms with Gasteiger partial charge in [-0.1, -0.05) is 12.1 Å². The van der Waals surface area contributed by atoms with Gasteiger partial charge < -0.3 is 19.5 Å². The third-order valence-electron chi connectivity index (χ3n) is 3.10. The minimum atomic E-state index is -0.573. The van der Waals surface area contributed by atoms with Crippen LogP contribution in [0.5, 0.6) is 5.75 Å². The molecule has 0 aliphatic heterocycles. The number of carbonyl (C=O) groups excluding carboxylic acids is 1. The summed E-state index contributed by atoms with van der Waals surface area (Å²) in [6.07, 6.45) is -0.486. The Kier molecular flexibility index (Phi) is 7.84. The fourth-order valence-corrected chi connectivity index (χ4v) is 2.15. The standard InChI is InChI=1S/C16H24FNO4/c1-5-21-15(22-6-2)10-14(19)18-11(3)12-8-7-9-13(17)16(12)20-4/h7-9,11,15H,5-6,10H2,1-4H3,(H,18,19)/t11-/m1/s1. The summed E-state index contributed by atoms with van der Waals surface area (Å²) in [5, 5.41) is 2.80. The zero-order chi connectivity index (χ0) is 16.5. The molecule has 1 rings (SSSR count). The van der Waals surface area contributed by atoms with Gasteiger partial charge in [0.1, 0.15) is 0 Å². The van der Waals surface area contributed by atoms with Crippen molar-refractivity contribution in [2.24, 2.45) is 0 Å². The van der Waals surface area contributed by atoms with Crippen molar-refractivity contribution >= 4 is 5.91 Å². The molecule has 0 saturated carbocycles. The lowest BCUT2D eigenvalue weighted by molar-refractivity contribution is -0.153. The van der Waals surface area contributed by atoms with Gasteiger partial charge in [0.15, 0.2) is 17.9 Å². The van der Waals surface area contributed by atoms with E-state index in [-0.39, 0.29) is 24.1 Å². The molecule has 1 aromatic rings. The highest BCUT2D eigenvalue weighted by Gasteiger charge is 2.19. The molecule has 6 heteroatoms. The highest BCUT2D eigenvalue weighted by atomic mass is 19.1. The van der Waals surface area contributed by atoms with E-state index in [2.05, 4.69) is 5.32 Å². The first kappa shape index (κ1) is 18.4. The van der Waals surface area contributed by atoms with Crippen LogP contribution >= 0.6 is 0 Å². The minimum Gasteiger partial charge on any atom is -0.493 e. The van der Waals surface area contributed by atoms with Crippen molar-refractivity contribution in [2.75, 3.05) is 20.3 Å². The quantitative estimate of drug-likeness (QED) is 0.712. The van der Waals surface area contributed by atoms with E-state index in [9.17, 15) is 9.18 Å². The molecule has 1 aromatic carbocycles. The smallest absolute Gasteiger partial charge is 0.225 e. The lowest BCUT2D eigenvalue weighted by Crippen LogP contribution is -2.32. The maximum Gasteiger partial charge on any atom is 0.225 e. The van der Waals surface area contributed by atoms with Crippen molar-refractivity contribution < 1.29 is 23.4 Å². The number of ether oxygens (including phenoxy) is 3. The number of carbonyl (C=O) groups is 1. The zero-order valence-electron chi connectivity index (χ0n) is 13.5. The van der Waals surface area contributed by atoms with Crippen molar-refractivity contribution in [1.82, 2.24) is 5.32 Å². The van der Waals surface area contributed by atoms with E-state index in [0.29, 0.717) is 18.8 Å². The molecular weight excluding hydrogens is 289 g/mol. The molecule has 0 fully saturated rings. The van der Waals surface area contributed by atoms with Crippen LogP contribution in [0, 0.1) is 5.82 Å². The second-order valence-electron chi connectivity index (χ2n) is 4.70.